The third-order valence-corrected chi connectivity index (χ3v) is 2.94. The van der Waals surface area contributed by atoms with Crippen LogP contribution in [0.2, 0.25) is 0 Å². The van der Waals surface area contributed by atoms with Crippen LogP contribution in [0.15, 0.2) is 0 Å². The van der Waals surface area contributed by atoms with Gasteiger partial charge in [0, 0.05) is 5.92 Å². The van der Waals surface area contributed by atoms with Gasteiger partial charge in [0.15, 0.2) is 0 Å². The zero-order valence-electron chi connectivity index (χ0n) is 7.68. The van der Waals surface area contributed by atoms with E-state index in [1.807, 2.05) is 0 Å². The molecule has 0 unspecified atom stereocenters. The molecule has 0 aromatic heterocycles. The van der Waals surface area contributed by atoms with E-state index in [0.717, 1.165) is 18.8 Å². The van der Waals surface area contributed by atoms with Crippen molar-refractivity contribution in [2.75, 3.05) is 0 Å². The molecule has 0 aromatic carbocycles. The number of Topliss-reactive ketones (excluding diaryl/α,β-unsaturated/α-hetero) is 1. The summed E-state index contributed by atoms with van der Waals surface area (Å²) >= 11 is 0. The Morgan fingerprint density at radius 2 is 2.00 bits per heavy atom. The van der Waals surface area contributed by atoms with Gasteiger partial charge in [-0.1, -0.05) is 13.3 Å². The second-order valence-electron chi connectivity index (χ2n) is 3.63. The summed E-state index contributed by atoms with van der Waals surface area (Å²) < 4.78 is 0. The minimum absolute atomic E-state index is 0.0181. The Balaban J connectivity index is 2.37. The average molecular weight is 164 g/mol. The molecule has 0 saturated heterocycles. The molecule has 1 nitrogen and oxygen atoms in total. The van der Waals surface area contributed by atoms with Crippen molar-refractivity contribution in [3.05, 3.63) is 0 Å². The van der Waals surface area contributed by atoms with Gasteiger partial charge in [-0.15, -0.1) is 6.42 Å². The third kappa shape index (κ3) is 2.11. The SMILES string of the molecule is C#CC(=O)C1CCC(CC)CC1. The number of carbonyl (C=O) groups excluding carboxylic acids is 1. The lowest BCUT2D eigenvalue weighted by Crippen LogP contribution is -2.20. The molecule has 1 aliphatic rings. The predicted molar refractivity (Wildman–Crippen MR) is 49.6 cm³/mol. The van der Waals surface area contributed by atoms with Gasteiger partial charge in [-0.3, -0.25) is 4.79 Å². The predicted octanol–water partition coefficient (Wildman–Crippen LogP) is 2.41. The molecule has 0 atom stereocenters. The number of rotatable bonds is 2. The van der Waals surface area contributed by atoms with E-state index in [0.29, 0.717) is 0 Å². The minimum atomic E-state index is 0.0181. The summed E-state index contributed by atoms with van der Waals surface area (Å²) in [4.78, 5) is 11.1. The van der Waals surface area contributed by atoms with Crippen molar-refractivity contribution in [2.45, 2.75) is 39.0 Å². The van der Waals surface area contributed by atoms with Crippen LogP contribution in [0.3, 0.4) is 0 Å². The second kappa shape index (κ2) is 4.30. The molecule has 0 aliphatic heterocycles. The fourth-order valence-corrected chi connectivity index (χ4v) is 1.95. The smallest absolute Gasteiger partial charge is 0.208 e. The van der Waals surface area contributed by atoms with Crippen LogP contribution < -0.4 is 0 Å². The van der Waals surface area contributed by atoms with Crippen LogP contribution in [-0.4, -0.2) is 5.78 Å². The Morgan fingerprint density at radius 3 is 2.42 bits per heavy atom. The summed E-state index contributed by atoms with van der Waals surface area (Å²) in [7, 11) is 0. The van der Waals surface area contributed by atoms with Crippen molar-refractivity contribution in [1.82, 2.24) is 0 Å². The van der Waals surface area contributed by atoms with Crippen molar-refractivity contribution in [3.8, 4) is 12.3 Å². The van der Waals surface area contributed by atoms with Crippen molar-refractivity contribution in [1.29, 1.82) is 0 Å². The summed E-state index contributed by atoms with van der Waals surface area (Å²) in [5.74, 6) is 3.26. The molecule has 0 N–H and O–H groups in total. The van der Waals surface area contributed by atoms with E-state index in [9.17, 15) is 4.79 Å². The lowest BCUT2D eigenvalue weighted by Gasteiger charge is -2.25. The Kier molecular flexibility index (Phi) is 3.34. The van der Waals surface area contributed by atoms with Crippen LogP contribution in [-0.2, 0) is 4.79 Å². The largest absolute Gasteiger partial charge is 0.285 e. The van der Waals surface area contributed by atoms with Gasteiger partial charge in [0.1, 0.15) is 0 Å². The van der Waals surface area contributed by atoms with Gasteiger partial charge < -0.3 is 0 Å². The monoisotopic (exact) mass is 164 g/mol. The highest BCUT2D eigenvalue weighted by Gasteiger charge is 2.23. The Labute approximate surface area is 74.5 Å². The fourth-order valence-electron chi connectivity index (χ4n) is 1.95. The molecule has 1 fully saturated rings. The Morgan fingerprint density at radius 1 is 1.42 bits per heavy atom. The molecule has 0 radical (unpaired) electrons. The number of carbonyl (C=O) groups is 1. The van der Waals surface area contributed by atoms with Crippen LogP contribution in [0.4, 0.5) is 0 Å². The van der Waals surface area contributed by atoms with Gasteiger partial charge in [-0.25, -0.2) is 0 Å². The summed E-state index contributed by atoms with van der Waals surface area (Å²) in [6.07, 6.45) is 10.7. The van der Waals surface area contributed by atoms with E-state index in [-0.39, 0.29) is 11.7 Å². The highest BCUT2D eigenvalue weighted by atomic mass is 16.1. The molecule has 0 heterocycles. The normalized spacial score (nSPS) is 29.3. The number of ketones is 1. The molecule has 0 bridgehead atoms. The zero-order chi connectivity index (χ0) is 8.97. The summed E-state index contributed by atoms with van der Waals surface area (Å²) in [6, 6.07) is 0. The van der Waals surface area contributed by atoms with Crippen LogP contribution >= 0.6 is 0 Å². The van der Waals surface area contributed by atoms with E-state index in [4.69, 9.17) is 6.42 Å². The lowest BCUT2D eigenvalue weighted by atomic mass is 9.79. The lowest BCUT2D eigenvalue weighted by molar-refractivity contribution is -0.118. The highest BCUT2D eigenvalue weighted by molar-refractivity contribution is 5.96. The molecule has 1 heteroatoms. The first-order chi connectivity index (χ1) is 5.77. The van der Waals surface area contributed by atoms with Crippen molar-refractivity contribution < 1.29 is 4.79 Å². The van der Waals surface area contributed by atoms with Crippen LogP contribution in [0.1, 0.15) is 39.0 Å². The van der Waals surface area contributed by atoms with Crippen LogP contribution in [0.25, 0.3) is 0 Å². The van der Waals surface area contributed by atoms with Gasteiger partial charge in [0.05, 0.1) is 0 Å². The quantitative estimate of drug-likeness (QED) is 0.452. The maximum atomic E-state index is 11.1. The first kappa shape index (κ1) is 9.32. The molecule has 66 valence electrons. The van der Waals surface area contributed by atoms with Gasteiger partial charge in [-0.05, 0) is 37.5 Å². The second-order valence-corrected chi connectivity index (χ2v) is 3.63. The maximum Gasteiger partial charge on any atom is 0.208 e. The maximum absolute atomic E-state index is 11.1. The van der Waals surface area contributed by atoms with Crippen LogP contribution in [0, 0.1) is 24.2 Å². The van der Waals surface area contributed by atoms with Gasteiger partial charge in [0.2, 0.25) is 5.78 Å². The average Bonchev–Trinajstić information content (AvgIpc) is 2.17. The highest BCUT2D eigenvalue weighted by Crippen LogP contribution is 2.30. The topological polar surface area (TPSA) is 17.1 Å². The van der Waals surface area contributed by atoms with Gasteiger partial charge in [-0.2, -0.15) is 0 Å². The number of hydrogen-bond acceptors (Lipinski definition) is 1. The van der Waals surface area contributed by atoms with Gasteiger partial charge in [0.25, 0.3) is 0 Å². The van der Waals surface area contributed by atoms with E-state index < -0.39 is 0 Å². The number of hydrogen-bond donors (Lipinski definition) is 0. The molecular weight excluding hydrogens is 148 g/mol. The first-order valence-corrected chi connectivity index (χ1v) is 4.78. The van der Waals surface area contributed by atoms with E-state index in [1.165, 1.54) is 19.3 Å². The molecular formula is C11H16O. The zero-order valence-corrected chi connectivity index (χ0v) is 7.68. The summed E-state index contributed by atoms with van der Waals surface area (Å²) in [5, 5.41) is 0. The molecule has 1 rings (SSSR count). The molecule has 0 aromatic rings. The van der Waals surface area contributed by atoms with Crippen molar-refractivity contribution >= 4 is 5.78 Å². The van der Waals surface area contributed by atoms with Gasteiger partial charge >= 0.3 is 0 Å². The minimum Gasteiger partial charge on any atom is -0.285 e. The number of terminal acetylenes is 1. The fraction of sp³-hybridized carbons (Fsp3) is 0.727. The standard InChI is InChI=1S/C11H16O/c1-3-9-5-7-10(8-6-9)11(12)4-2/h2,9-10H,3,5-8H2,1H3. The summed E-state index contributed by atoms with van der Waals surface area (Å²) in [6.45, 7) is 2.22. The summed E-state index contributed by atoms with van der Waals surface area (Å²) in [5.41, 5.74) is 0. The third-order valence-electron chi connectivity index (χ3n) is 2.94. The van der Waals surface area contributed by atoms with E-state index in [2.05, 4.69) is 12.8 Å². The molecule has 12 heavy (non-hydrogen) atoms. The molecule has 1 aliphatic carbocycles. The van der Waals surface area contributed by atoms with E-state index >= 15 is 0 Å². The van der Waals surface area contributed by atoms with E-state index in [1.54, 1.807) is 0 Å². The molecule has 0 amide bonds. The van der Waals surface area contributed by atoms with Crippen molar-refractivity contribution in [3.63, 3.8) is 0 Å². The molecule has 1 saturated carbocycles. The first-order valence-electron chi connectivity index (χ1n) is 4.78. The molecule has 0 spiro atoms. The van der Waals surface area contributed by atoms with Crippen molar-refractivity contribution in [2.24, 2.45) is 11.8 Å². The Hall–Kier alpha value is -0.770. The Bertz CT molecular complexity index is 192. The van der Waals surface area contributed by atoms with Crippen LogP contribution in [0.5, 0.6) is 0 Å².